The van der Waals surface area contributed by atoms with Gasteiger partial charge in [-0.3, -0.25) is 4.79 Å². The lowest BCUT2D eigenvalue weighted by Crippen LogP contribution is -2.59. The van der Waals surface area contributed by atoms with Crippen LogP contribution in [0.5, 0.6) is 5.88 Å². The molecule has 11 heteroatoms. The highest BCUT2D eigenvalue weighted by atomic mass is 35.5. The first kappa shape index (κ1) is 31.5. The number of hydrogen-bond acceptors (Lipinski definition) is 7. The second kappa shape index (κ2) is 13.4. The number of benzene rings is 2. The van der Waals surface area contributed by atoms with Gasteiger partial charge < -0.3 is 15.8 Å². The number of carbonyl (C=O) groups is 1. The van der Waals surface area contributed by atoms with Crippen molar-refractivity contribution in [3.63, 3.8) is 0 Å². The van der Waals surface area contributed by atoms with Gasteiger partial charge in [0.2, 0.25) is 15.9 Å². The maximum atomic E-state index is 15.3. The van der Waals surface area contributed by atoms with Crippen LogP contribution in [0.1, 0.15) is 54.4 Å². The van der Waals surface area contributed by atoms with Crippen molar-refractivity contribution >= 4 is 27.4 Å². The molecule has 1 aromatic heterocycles. The Bertz CT molecular complexity index is 1530. The average molecular weight is 629 g/mol. The van der Waals surface area contributed by atoms with E-state index < -0.39 is 27.8 Å². The Kier molecular flexibility index (Phi) is 9.83. The lowest BCUT2D eigenvalue weighted by atomic mass is 9.82. The van der Waals surface area contributed by atoms with Crippen LogP contribution in [-0.2, 0) is 27.7 Å². The molecule has 2 fully saturated rings. The molecule has 2 aliphatic rings. The van der Waals surface area contributed by atoms with Crippen LogP contribution in [0.4, 0.5) is 4.39 Å². The van der Waals surface area contributed by atoms with Crippen LogP contribution in [0.25, 0.3) is 0 Å². The third kappa shape index (κ3) is 7.10. The Labute approximate surface area is 257 Å². The second-order valence-corrected chi connectivity index (χ2v) is 14.0. The third-order valence-electron chi connectivity index (χ3n) is 8.45. The number of nitrogens with zero attached hydrogens (tertiary/aromatic N) is 2. The summed E-state index contributed by atoms with van der Waals surface area (Å²) >= 11 is 6.13. The molecule has 0 unspecified atom stereocenters. The molecule has 3 N–H and O–H groups in total. The maximum Gasteiger partial charge on any atom is 0.217 e. The van der Waals surface area contributed by atoms with Crippen molar-refractivity contribution in [1.82, 2.24) is 14.6 Å². The summed E-state index contributed by atoms with van der Waals surface area (Å²) < 4.78 is 48.6. The van der Waals surface area contributed by atoms with Crippen LogP contribution in [0.3, 0.4) is 0 Å². The number of halogens is 2. The van der Waals surface area contributed by atoms with E-state index in [0.717, 1.165) is 11.1 Å². The number of nitrogens with one attached hydrogen (secondary N) is 1. The minimum Gasteiger partial charge on any atom is -0.481 e. The van der Waals surface area contributed by atoms with Gasteiger partial charge in [-0.1, -0.05) is 41.9 Å². The van der Waals surface area contributed by atoms with Gasteiger partial charge >= 0.3 is 0 Å². The topological polar surface area (TPSA) is 115 Å². The molecule has 1 saturated carbocycles. The van der Waals surface area contributed by atoms with Crippen molar-refractivity contribution in [2.75, 3.05) is 20.2 Å². The third-order valence-corrected chi connectivity index (χ3v) is 11.3. The van der Waals surface area contributed by atoms with Gasteiger partial charge in [0.05, 0.1) is 18.4 Å². The molecule has 0 bridgehead atoms. The molecule has 43 heavy (non-hydrogen) atoms. The number of carbonyl (C=O) groups excluding carboxylic acids is 1. The first-order chi connectivity index (χ1) is 20.6. The summed E-state index contributed by atoms with van der Waals surface area (Å²) in [6, 6.07) is 14.0. The summed E-state index contributed by atoms with van der Waals surface area (Å²) in [6.07, 6.45) is 3.68. The first-order valence-corrected chi connectivity index (χ1v) is 16.5. The van der Waals surface area contributed by atoms with Gasteiger partial charge in [0.25, 0.3) is 0 Å². The fourth-order valence-electron chi connectivity index (χ4n) is 6.05. The lowest BCUT2D eigenvalue weighted by Gasteiger charge is -2.40. The molecule has 0 radical (unpaired) electrons. The zero-order valence-electron chi connectivity index (χ0n) is 24.4. The number of ether oxygens (including phenoxy) is 1. The number of Topliss-reactive ketones (excluding diaryl/α,β-unsaturated/α-hetero) is 1. The number of piperazine rings is 1. The zero-order valence-corrected chi connectivity index (χ0v) is 26.0. The number of ketones is 1. The van der Waals surface area contributed by atoms with E-state index in [2.05, 4.69) is 10.3 Å². The molecule has 0 spiro atoms. The summed E-state index contributed by atoms with van der Waals surface area (Å²) in [6.45, 7) is 2.99. The molecule has 4 atom stereocenters. The Morgan fingerprint density at radius 2 is 1.86 bits per heavy atom. The standard InChI is InChI=1S/C32H38ClFN4O4S/c1-20-17-36-19-25(38(20)43(40,41)26-12-13-26)11-14-27-22(4-3-5-28(27)34)16-29(39)32(35)31(21-6-9-24(33)10-7-21)23-8-15-30(42-2)37-18-23/h3-10,15,18,20,25-26,31-32,36H,11-14,16-17,19,35H2,1-2H3/t20-,25-,31-,32+/m0/s1. The van der Waals surface area contributed by atoms with E-state index in [1.165, 1.54) is 13.2 Å². The fraction of sp³-hybridized carbons (Fsp3) is 0.438. The predicted molar refractivity (Wildman–Crippen MR) is 165 cm³/mol. The summed E-state index contributed by atoms with van der Waals surface area (Å²) in [7, 11) is -1.88. The van der Waals surface area contributed by atoms with Gasteiger partial charge in [-0.15, -0.1) is 0 Å². The Balaban J connectivity index is 1.37. The summed E-state index contributed by atoms with van der Waals surface area (Å²) in [5.74, 6) is -0.750. The molecular weight excluding hydrogens is 591 g/mol. The van der Waals surface area contributed by atoms with Gasteiger partial charge in [0.1, 0.15) is 5.82 Å². The van der Waals surface area contributed by atoms with Gasteiger partial charge in [-0.2, -0.15) is 4.31 Å². The monoisotopic (exact) mass is 628 g/mol. The Morgan fingerprint density at radius 3 is 2.51 bits per heavy atom. The fourth-order valence-corrected chi connectivity index (χ4v) is 8.42. The van der Waals surface area contributed by atoms with E-state index >= 15 is 4.39 Å². The highest BCUT2D eigenvalue weighted by Crippen LogP contribution is 2.35. The van der Waals surface area contributed by atoms with Crippen molar-refractivity contribution in [2.24, 2.45) is 5.73 Å². The number of aromatic nitrogens is 1. The summed E-state index contributed by atoms with van der Waals surface area (Å²) in [5, 5.41) is 3.57. The molecule has 3 aromatic rings. The molecule has 5 rings (SSSR count). The smallest absolute Gasteiger partial charge is 0.217 e. The van der Waals surface area contributed by atoms with Crippen molar-refractivity contribution in [2.45, 2.75) is 68.3 Å². The van der Waals surface area contributed by atoms with E-state index in [1.807, 2.05) is 25.1 Å². The minimum absolute atomic E-state index is 0.0641. The summed E-state index contributed by atoms with van der Waals surface area (Å²) in [5.41, 5.74) is 9.16. The molecule has 1 aliphatic heterocycles. The Morgan fingerprint density at radius 1 is 1.14 bits per heavy atom. The molecule has 1 aliphatic carbocycles. The largest absolute Gasteiger partial charge is 0.481 e. The van der Waals surface area contributed by atoms with Gasteiger partial charge in [0.15, 0.2) is 5.78 Å². The molecular formula is C32H38ClFN4O4S. The second-order valence-electron chi connectivity index (χ2n) is 11.5. The number of nitrogens with two attached hydrogens (primary N) is 1. The SMILES string of the molecule is COc1ccc([C@H](c2ccc(Cl)cc2)[C@H](N)C(=O)Cc2cccc(F)c2CC[C@H]2CNC[C@H](C)N2S(=O)(=O)C2CC2)cn1. The zero-order chi connectivity index (χ0) is 30.7. The maximum absolute atomic E-state index is 15.3. The number of hydrogen-bond donors (Lipinski definition) is 2. The Hall–Kier alpha value is -2.89. The van der Waals surface area contributed by atoms with Gasteiger partial charge in [-0.25, -0.2) is 17.8 Å². The van der Waals surface area contributed by atoms with Gasteiger partial charge in [0, 0.05) is 54.8 Å². The molecule has 2 aromatic carbocycles. The van der Waals surface area contributed by atoms with Crippen LogP contribution in [-0.4, -0.2) is 67.1 Å². The number of pyridine rings is 1. The lowest BCUT2D eigenvalue weighted by molar-refractivity contribution is -0.119. The van der Waals surface area contributed by atoms with Crippen molar-refractivity contribution in [1.29, 1.82) is 0 Å². The molecule has 230 valence electrons. The van der Waals surface area contributed by atoms with Crippen LogP contribution >= 0.6 is 11.6 Å². The van der Waals surface area contributed by atoms with Crippen LogP contribution in [0.15, 0.2) is 60.8 Å². The van der Waals surface area contributed by atoms with Crippen LogP contribution in [0, 0.1) is 5.82 Å². The van der Waals surface area contributed by atoms with Crippen molar-refractivity contribution in [3.05, 3.63) is 93.9 Å². The predicted octanol–water partition coefficient (Wildman–Crippen LogP) is 4.24. The quantitative estimate of drug-likeness (QED) is 0.308. The molecule has 2 heterocycles. The minimum atomic E-state index is -3.40. The number of sulfonamides is 1. The first-order valence-electron chi connectivity index (χ1n) is 14.6. The highest BCUT2D eigenvalue weighted by molar-refractivity contribution is 7.90. The van der Waals surface area contributed by atoms with E-state index in [9.17, 15) is 13.2 Å². The van der Waals surface area contributed by atoms with Crippen LogP contribution in [0.2, 0.25) is 5.02 Å². The van der Waals surface area contributed by atoms with E-state index in [0.29, 0.717) is 60.8 Å². The number of methoxy groups -OCH3 is 1. The molecule has 0 amide bonds. The van der Waals surface area contributed by atoms with Crippen molar-refractivity contribution in [3.8, 4) is 5.88 Å². The van der Waals surface area contributed by atoms with Crippen molar-refractivity contribution < 1.29 is 22.3 Å². The summed E-state index contributed by atoms with van der Waals surface area (Å²) in [4.78, 5) is 18.1. The molecule has 1 saturated heterocycles. The average Bonchev–Trinajstić information content (AvgIpc) is 3.85. The highest BCUT2D eigenvalue weighted by Gasteiger charge is 2.45. The van der Waals surface area contributed by atoms with Gasteiger partial charge in [-0.05, 0) is 73.1 Å². The molecule has 8 nitrogen and oxygen atoms in total. The normalized spacial score (nSPS) is 20.9. The van der Waals surface area contributed by atoms with E-state index in [1.54, 1.807) is 40.8 Å². The van der Waals surface area contributed by atoms with E-state index in [4.69, 9.17) is 22.1 Å². The number of rotatable bonds is 12. The van der Waals surface area contributed by atoms with Crippen LogP contribution < -0.4 is 15.8 Å². The van der Waals surface area contributed by atoms with E-state index in [-0.39, 0.29) is 29.5 Å².